The maximum Gasteiger partial charge on any atom is 0.262 e. The number of hydrogen-bond donors (Lipinski definition) is 0. The van der Waals surface area contributed by atoms with Crippen LogP contribution in [0.2, 0.25) is 5.02 Å². The van der Waals surface area contributed by atoms with Gasteiger partial charge in [-0.05, 0) is 80.5 Å². The molecule has 2 fully saturated rings. The molecule has 0 spiro atoms. The first-order valence-corrected chi connectivity index (χ1v) is 15.6. The maximum absolute atomic E-state index is 14.4. The van der Waals surface area contributed by atoms with E-state index < -0.39 is 21.5 Å². The highest BCUT2D eigenvalue weighted by molar-refractivity contribution is 7.89. The molecule has 0 saturated heterocycles. The molecule has 3 aliphatic carbocycles. The molecular weight excluding hydrogens is 581 g/mol. The van der Waals surface area contributed by atoms with Crippen LogP contribution in [0.15, 0.2) is 65.7 Å². The molecule has 0 bridgehead atoms. The molecule has 3 aromatic heterocycles. The van der Waals surface area contributed by atoms with Crippen LogP contribution in [-0.2, 0) is 23.5 Å². The highest BCUT2D eigenvalue weighted by atomic mass is 35.5. The van der Waals surface area contributed by atoms with E-state index in [4.69, 9.17) is 11.6 Å². The number of aryl methyl sites for hydroxylation is 1. The average Bonchev–Trinajstić information content (AvgIpc) is 3.55. The van der Waals surface area contributed by atoms with Crippen LogP contribution in [0.1, 0.15) is 54.0 Å². The minimum Gasteiger partial charge on any atom is -0.290 e. The molecule has 0 radical (unpaired) electrons. The standard InChI is InChI=1S/C29H27ClFN7O3S/c1-36-11-10-26(35-36)42(40,41)38(23-8-9-23)24-5-2-19-12-25-18(15-34-37(25)22-6-3-21(31)4-7-22)13-29(19,14-24)27(39)28-32-16-20(30)17-33-28/h3-4,6-7,10-12,15-17,23-24H,2,5,8-9,13-14H2,1H3/t24-,29-/m0/s1. The number of Topliss-reactive ketones (excluding diaryl/α,β-unsaturated/α-hetero) is 1. The van der Waals surface area contributed by atoms with Gasteiger partial charge in [-0.3, -0.25) is 9.48 Å². The summed E-state index contributed by atoms with van der Waals surface area (Å²) in [6, 6.07) is 7.03. The summed E-state index contributed by atoms with van der Waals surface area (Å²) in [5.41, 5.74) is 2.15. The van der Waals surface area contributed by atoms with Gasteiger partial charge in [0.25, 0.3) is 10.0 Å². The third kappa shape index (κ3) is 4.48. The van der Waals surface area contributed by atoms with Crippen molar-refractivity contribution in [2.75, 3.05) is 0 Å². The van der Waals surface area contributed by atoms with Crippen molar-refractivity contribution in [2.45, 2.75) is 55.6 Å². The highest BCUT2D eigenvalue weighted by Gasteiger charge is 2.54. The van der Waals surface area contributed by atoms with Crippen molar-refractivity contribution in [3.05, 3.63) is 88.6 Å². The lowest BCUT2D eigenvalue weighted by molar-refractivity contribution is 0.0727. The average molecular weight is 608 g/mol. The zero-order valence-corrected chi connectivity index (χ0v) is 24.3. The fraction of sp³-hybridized carbons (Fsp3) is 0.345. The molecule has 42 heavy (non-hydrogen) atoms. The van der Waals surface area contributed by atoms with E-state index in [9.17, 15) is 17.6 Å². The van der Waals surface area contributed by atoms with Gasteiger partial charge in [0.1, 0.15) is 5.82 Å². The molecule has 0 unspecified atom stereocenters. The zero-order valence-electron chi connectivity index (χ0n) is 22.7. The van der Waals surface area contributed by atoms with Crippen molar-refractivity contribution in [1.82, 2.24) is 33.8 Å². The number of carbonyl (C=O) groups is 1. The maximum atomic E-state index is 14.4. The van der Waals surface area contributed by atoms with Gasteiger partial charge in [0.05, 0.1) is 28.0 Å². The second kappa shape index (κ2) is 9.92. The number of sulfonamides is 1. The summed E-state index contributed by atoms with van der Waals surface area (Å²) in [5, 5.41) is 9.10. The zero-order chi connectivity index (χ0) is 29.2. The molecule has 13 heteroatoms. The van der Waals surface area contributed by atoms with E-state index in [-0.39, 0.29) is 34.9 Å². The Bertz CT molecular complexity index is 1830. The van der Waals surface area contributed by atoms with Gasteiger partial charge in [-0.15, -0.1) is 0 Å². The highest BCUT2D eigenvalue weighted by Crippen LogP contribution is 2.52. The first-order chi connectivity index (χ1) is 20.2. The van der Waals surface area contributed by atoms with E-state index >= 15 is 0 Å². The number of fused-ring (bicyclic) bond motifs is 2. The molecule has 0 N–H and O–H groups in total. The second-order valence-electron chi connectivity index (χ2n) is 11.2. The molecule has 0 amide bonds. The Morgan fingerprint density at radius 1 is 1.07 bits per heavy atom. The number of ketones is 1. The summed E-state index contributed by atoms with van der Waals surface area (Å²) in [5.74, 6) is -0.586. The van der Waals surface area contributed by atoms with E-state index in [1.54, 1.807) is 40.6 Å². The van der Waals surface area contributed by atoms with E-state index in [1.807, 2.05) is 6.08 Å². The van der Waals surface area contributed by atoms with Crippen molar-refractivity contribution in [3.8, 4) is 5.69 Å². The van der Waals surface area contributed by atoms with Gasteiger partial charge in [0.2, 0.25) is 5.78 Å². The molecule has 4 aromatic rings. The Labute approximate surface area is 246 Å². The number of rotatable bonds is 7. The van der Waals surface area contributed by atoms with Crippen LogP contribution in [0, 0.1) is 11.2 Å². The number of aromatic nitrogens is 6. The monoisotopic (exact) mass is 607 g/mol. The van der Waals surface area contributed by atoms with Gasteiger partial charge in [0, 0.05) is 37.7 Å². The molecule has 2 atom stereocenters. The van der Waals surface area contributed by atoms with Crippen LogP contribution < -0.4 is 0 Å². The molecule has 7 rings (SSSR count). The Morgan fingerprint density at radius 3 is 2.48 bits per heavy atom. The second-order valence-corrected chi connectivity index (χ2v) is 13.4. The summed E-state index contributed by atoms with van der Waals surface area (Å²) >= 11 is 6.03. The Hall–Kier alpha value is -3.74. The van der Waals surface area contributed by atoms with Gasteiger partial charge in [-0.1, -0.05) is 17.2 Å². The fourth-order valence-electron chi connectivity index (χ4n) is 6.39. The van der Waals surface area contributed by atoms with Crippen molar-refractivity contribution in [3.63, 3.8) is 0 Å². The lowest BCUT2D eigenvalue weighted by atomic mass is 9.60. The summed E-state index contributed by atoms with van der Waals surface area (Å²) in [6.45, 7) is 0. The Kier molecular flexibility index (Phi) is 6.41. The fourth-order valence-corrected chi connectivity index (χ4v) is 8.35. The Balaban J connectivity index is 1.32. The summed E-state index contributed by atoms with van der Waals surface area (Å²) in [4.78, 5) is 22.9. The number of nitrogens with zero attached hydrogens (tertiary/aromatic N) is 7. The summed E-state index contributed by atoms with van der Waals surface area (Å²) in [7, 11) is -2.21. The number of halogens is 2. The molecule has 10 nitrogen and oxygen atoms in total. The third-order valence-electron chi connectivity index (χ3n) is 8.46. The van der Waals surface area contributed by atoms with Crippen molar-refractivity contribution in [1.29, 1.82) is 0 Å². The van der Waals surface area contributed by atoms with E-state index in [1.165, 1.54) is 35.3 Å². The predicted octanol–water partition coefficient (Wildman–Crippen LogP) is 4.40. The summed E-state index contributed by atoms with van der Waals surface area (Å²) in [6.07, 6.45) is 11.3. The van der Waals surface area contributed by atoms with Gasteiger partial charge in [-0.25, -0.2) is 27.5 Å². The smallest absolute Gasteiger partial charge is 0.262 e. The molecule has 1 aromatic carbocycles. The molecule has 216 valence electrons. The van der Waals surface area contributed by atoms with Crippen LogP contribution in [0.4, 0.5) is 4.39 Å². The largest absolute Gasteiger partial charge is 0.290 e. The lowest BCUT2D eigenvalue weighted by Crippen LogP contribution is -2.51. The van der Waals surface area contributed by atoms with Gasteiger partial charge in [-0.2, -0.15) is 14.5 Å². The third-order valence-corrected chi connectivity index (χ3v) is 10.6. The Morgan fingerprint density at radius 2 is 1.81 bits per heavy atom. The van der Waals surface area contributed by atoms with Crippen molar-refractivity contribution < 1.29 is 17.6 Å². The van der Waals surface area contributed by atoms with Crippen LogP contribution in [0.3, 0.4) is 0 Å². The van der Waals surface area contributed by atoms with E-state index in [0.29, 0.717) is 30.0 Å². The van der Waals surface area contributed by atoms with Crippen LogP contribution in [-0.4, -0.2) is 60.1 Å². The molecule has 3 aliphatic rings. The molecule has 0 aliphatic heterocycles. The van der Waals surface area contributed by atoms with Crippen LogP contribution in [0.5, 0.6) is 0 Å². The minimum atomic E-state index is -3.90. The van der Waals surface area contributed by atoms with Crippen molar-refractivity contribution >= 4 is 33.5 Å². The van der Waals surface area contributed by atoms with Gasteiger partial charge >= 0.3 is 0 Å². The SMILES string of the molecule is Cn1ccc(S(=O)(=O)N(C2CC2)[C@H]2CCC3=Cc4c(cnn4-c4ccc(F)cc4)C[C@]3(C(=O)c3ncc(Cl)cn3)C2)n1. The predicted molar refractivity (Wildman–Crippen MR) is 152 cm³/mol. The first kappa shape index (κ1) is 27.1. The molecule has 3 heterocycles. The van der Waals surface area contributed by atoms with E-state index in [2.05, 4.69) is 20.2 Å². The number of allylic oxidation sites excluding steroid dienone is 1. The molecule has 2 saturated carbocycles. The van der Waals surface area contributed by atoms with Crippen molar-refractivity contribution in [2.24, 2.45) is 12.5 Å². The topological polar surface area (TPSA) is 116 Å². The van der Waals surface area contributed by atoms with Crippen LogP contribution >= 0.6 is 11.6 Å². The normalized spacial score (nSPS) is 22.0. The van der Waals surface area contributed by atoms with Gasteiger partial charge in [0.15, 0.2) is 10.9 Å². The number of carbonyl (C=O) groups excluding carboxylic acids is 1. The summed E-state index contributed by atoms with van der Waals surface area (Å²) < 4.78 is 46.3. The quantitative estimate of drug-likeness (QED) is 0.286. The van der Waals surface area contributed by atoms with E-state index in [0.717, 1.165) is 29.7 Å². The van der Waals surface area contributed by atoms with Crippen LogP contribution in [0.25, 0.3) is 11.8 Å². The first-order valence-electron chi connectivity index (χ1n) is 13.8. The number of hydrogen-bond acceptors (Lipinski definition) is 7. The lowest BCUT2D eigenvalue weighted by Gasteiger charge is -2.46. The number of benzene rings is 1. The minimum absolute atomic E-state index is 0.00570. The molecular formula is C29H27ClFN7O3S. The van der Waals surface area contributed by atoms with Gasteiger partial charge < -0.3 is 0 Å².